The summed E-state index contributed by atoms with van der Waals surface area (Å²) in [5.41, 5.74) is 1.08. The summed E-state index contributed by atoms with van der Waals surface area (Å²) in [6.07, 6.45) is 2.54. The minimum Gasteiger partial charge on any atom is -0.323 e. The zero-order valence-electron chi connectivity index (χ0n) is 11.5. The molecule has 0 aliphatic rings. The van der Waals surface area contributed by atoms with Gasteiger partial charge in [-0.25, -0.2) is 4.39 Å². The quantitative estimate of drug-likeness (QED) is 0.924. The lowest BCUT2D eigenvalue weighted by Crippen LogP contribution is -2.25. The lowest BCUT2D eigenvalue weighted by Gasteiger charge is -2.20. The summed E-state index contributed by atoms with van der Waals surface area (Å²) in [6, 6.07) is 11.0. The highest BCUT2D eigenvalue weighted by molar-refractivity contribution is 5.96. The lowest BCUT2D eigenvalue weighted by atomic mass is 9.87. The molecule has 0 aliphatic carbocycles. The highest BCUT2D eigenvalue weighted by Crippen LogP contribution is 2.26. The van der Waals surface area contributed by atoms with E-state index in [9.17, 15) is 9.18 Å². The maximum absolute atomic E-state index is 13.5. The van der Waals surface area contributed by atoms with Crippen molar-refractivity contribution in [3.05, 3.63) is 60.2 Å². The third-order valence-electron chi connectivity index (χ3n) is 3.14. The average Bonchev–Trinajstić information content (AvgIpc) is 2.42. The Morgan fingerprint density at radius 3 is 2.50 bits per heavy atom. The third kappa shape index (κ3) is 3.20. The van der Waals surface area contributed by atoms with Gasteiger partial charge in [-0.1, -0.05) is 44.2 Å². The Morgan fingerprint density at radius 1 is 1.20 bits per heavy atom. The van der Waals surface area contributed by atoms with E-state index < -0.39 is 5.82 Å². The number of rotatable bonds is 4. The lowest BCUT2D eigenvalue weighted by molar-refractivity contribution is -0.118. The van der Waals surface area contributed by atoms with Crippen molar-refractivity contribution in [2.75, 3.05) is 5.32 Å². The topological polar surface area (TPSA) is 42.0 Å². The Morgan fingerprint density at radius 2 is 1.90 bits per heavy atom. The zero-order chi connectivity index (χ0) is 14.5. The van der Waals surface area contributed by atoms with Gasteiger partial charge in [0.15, 0.2) is 5.82 Å². The molecule has 0 saturated heterocycles. The zero-order valence-corrected chi connectivity index (χ0v) is 11.5. The second kappa shape index (κ2) is 6.28. The van der Waals surface area contributed by atoms with Crippen molar-refractivity contribution in [3.8, 4) is 0 Å². The van der Waals surface area contributed by atoms with Gasteiger partial charge >= 0.3 is 0 Å². The van der Waals surface area contributed by atoms with Gasteiger partial charge in [0.2, 0.25) is 5.91 Å². The molecule has 0 spiro atoms. The number of halogens is 1. The smallest absolute Gasteiger partial charge is 0.232 e. The summed E-state index contributed by atoms with van der Waals surface area (Å²) < 4.78 is 13.5. The number of hydrogen-bond acceptors (Lipinski definition) is 2. The van der Waals surface area contributed by atoms with E-state index in [2.05, 4.69) is 10.3 Å². The van der Waals surface area contributed by atoms with E-state index >= 15 is 0 Å². The van der Waals surface area contributed by atoms with Crippen molar-refractivity contribution in [1.82, 2.24) is 4.98 Å². The van der Waals surface area contributed by atoms with Crippen LogP contribution in [0.2, 0.25) is 0 Å². The van der Waals surface area contributed by atoms with E-state index in [1.807, 2.05) is 44.2 Å². The molecule has 1 aromatic carbocycles. The van der Waals surface area contributed by atoms with Crippen molar-refractivity contribution < 1.29 is 9.18 Å². The van der Waals surface area contributed by atoms with Gasteiger partial charge in [0.05, 0.1) is 17.8 Å². The van der Waals surface area contributed by atoms with Crippen LogP contribution < -0.4 is 5.32 Å². The Hall–Kier alpha value is -2.23. The number of anilines is 1. The molecule has 0 saturated carbocycles. The fraction of sp³-hybridized carbons (Fsp3) is 0.250. The van der Waals surface area contributed by atoms with Gasteiger partial charge < -0.3 is 5.32 Å². The Kier molecular flexibility index (Phi) is 4.45. The second-order valence-electron chi connectivity index (χ2n) is 4.98. The summed E-state index contributed by atoms with van der Waals surface area (Å²) in [5.74, 6) is -0.946. The van der Waals surface area contributed by atoms with Gasteiger partial charge in [-0.05, 0) is 17.5 Å². The van der Waals surface area contributed by atoms with E-state index in [1.165, 1.54) is 12.3 Å². The molecule has 1 atom stereocenters. The summed E-state index contributed by atoms with van der Waals surface area (Å²) in [4.78, 5) is 16.1. The Bertz CT molecular complexity index is 584. The fourth-order valence-electron chi connectivity index (χ4n) is 2.19. The molecule has 20 heavy (non-hydrogen) atoms. The minimum atomic E-state index is -0.531. The van der Waals surface area contributed by atoms with Crippen LogP contribution in [0.15, 0.2) is 48.8 Å². The molecule has 3 nitrogen and oxygen atoms in total. The molecule has 2 rings (SSSR count). The van der Waals surface area contributed by atoms with Crippen molar-refractivity contribution >= 4 is 11.6 Å². The predicted molar refractivity (Wildman–Crippen MR) is 76.8 cm³/mol. The number of carbonyl (C=O) groups excluding carboxylic acids is 1. The van der Waals surface area contributed by atoms with Crippen molar-refractivity contribution in [2.45, 2.75) is 19.8 Å². The first-order valence-electron chi connectivity index (χ1n) is 6.55. The normalized spacial score (nSPS) is 12.2. The number of nitrogens with one attached hydrogen (secondary N) is 1. The van der Waals surface area contributed by atoms with Crippen LogP contribution in [0.1, 0.15) is 25.3 Å². The second-order valence-corrected chi connectivity index (χ2v) is 4.98. The predicted octanol–water partition coefficient (Wildman–Crippen LogP) is 3.60. The number of aromatic nitrogens is 1. The minimum absolute atomic E-state index is 0.113. The molecule has 0 fully saturated rings. The Labute approximate surface area is 117 Å². The molecule has 1 amide bonds. The number of carbonyl (C=O) groups is 1. The molecule has 2 aromatic rings. The van der Waals surface area contributed by atoms with Gasteiger partial charge in [-0.15, -0.1) is 0 Å². The first-order valence-corrected chi connectivity index (χ1v) is 6.55. The molecule has 1 heterocycles. The number of pyridine rings is 1. The largest absolute Gasteiger partial charge is 0.323 e. The first-order chi connectivity index (χ1) is 9.59. The van der Waals surface area contributed by atoms with Crippen LogP contribution in [0.3, 0.4) is 0 Å². The molecular formula is C16H17FN2O. The maximum atomic E-state index is 13.5. The van der Waals surface area contributed by atoms with Crippen molar-refractivity contribution in [3.63, 3.8) is 0 Å². The van der Waals surface area contributed by atoms with Gasteiger partial charge in [-0.3, -0.25) is 9.78 Å². The van der Waals surface area contributed by atoms with Crippen LogP contribution in [-0.4, -0.2) is 10.9 Å². The molecule has 104 valence electrons. The summed E-state index contributed by atoms with van der Waals surface area (Å²) in [6.45, 7) is 3.94. The van der Waals surface area contributed by atoms with Crippen LogP contribution in [0.25, 0.3) is 0 Å². The van der Waals surface area contributed by atoms with Gasteiger partial charge in [0.25, 0.3) is 0 Å². The number of benzene rings is 1. The number of nitrogens with zero attached hydrogens (tertiary/aromatic N) is 1. The van der Waals surface area contributed by atoms with Gasteiger partial charge in [0, 0.05) is 6.20 Å². The molecule has 4 heteroatoms. The van der Waals surface area contributed by atoms with E-state index in [0.717, 1.165) is 11.8 Å². The molecule has 0 aliphatic heterocycles. The average molecular weight is 272 g/mol. The van der Waals surface area contributed by atoms with Crippen LogP contribution >= 0.6 is 0 Å². The van der Waals surface area contributed by atoms with Crippen molar-refractivity contribution in [1.29, 1.82) is 0 Å². The highest BCUT2D eigenvalue weighted by Gasteiger charge is 2.24. The molecule has 1 N–H and O–H groups in total. The van der Waals surface area contributed by atoms with Crippen LogP contribution in [-0.2, 0) is 4.79 Å². The summed E-state index contributed by atoms with van der Waals surface area (Å²) in [5, 5.41) is 2.64. The van der Waals surface area contributed by atoms with Gasteiger partial charge in [0.1, 0.15) is 0 Å². The summed E-state index contributed by atoms with van der Waals surface area (Å²) in [7, 11) is 0. The fourth-order valence-corrected chi connectivity index (χ4v) is 2.19. The molecule has 0 bridgehead atoms. The van der Waals surface area contributed by atoms with E-state index in [1.54, 1.807) is 0 Å². The van der Waals surface area contributed by atoms with Gasteiger partial charge in [-0.2, -0.15) is 0 Å². The number of amides is 1. The molecule has 0 unspecified atom stereocenters. The molecule has 1 aromatic heterocycles. The molecule has 0 radical (unpaired) electrons. The number of hydrogen-bond donors (Lipinski definition) is 1. The molecular weight excluding hydrogens is 255 g/mol. The summed E-state index contributed by atoms with van der Waals surface area (Å²) >= 11 is 0. The maximum Gasteiger partial charge on any atom is 0.232 e. The van der Waals surface area contributed by atoms with E-state index in [-0.39, 0.29) is 23.4 Å². The van der Waals surface area contributed by atoms with Crippen LogP contribution in [0.5, 0.6) is 0 Å². The van der Waals surface area contributed by atoms with E-state index in [4.69, 9.17) is 0 Å². The Balaban J connectivity index is 2.23. The monoisotopic (exact) mass is 272 g/mol. The first kappa shape index (κ1) is 14.2. The SMILES string of the molecule is CC(C)[C@@H](C(=O)Nc1ccncc1F)c1ccccc1. The van der Waals surface area contributed by atoms with E-state index in [0.29, 0.717) is 0 Å². The van der Waals surface area contributed by atoms with Crippen LogP contribution in [0, 0.1) is 11.7 Å². The van der Waals surface area contributed by atoms with Crippen molar-refractivity contribution in [2.24, 2.45) is 5.92 Å². The van der Waals surface area contributed by atoms with Crippen LogP contribution in [0.4, 0.5) is 10.1 Å². The third-order valence-corrected chi connectivity index (χ3v) is 3.14. The highest BCUT2D eigenvalue weighted by atomic mass is 19.1. The standard InChI is InChI=1S/C16H17FN2O/c1-11(2)15(12-6-4-3-5-7-12)16(20)19-14-8-9-18-10-13(14)17/h3-11,15H,1-2H3,(H,18,19,20)/t15-/m1/s1.